The highest BCUT2D eigenvalue weighted by Crippen LogP contribution is 1.67. The van der Waals surface area contributed by atoms with Crippen LogP contribution in [0.3, 0.4) is 0 Å². The average Bonchev–Trinajstić information content (AvgIpc) is 2.02. The second-order valence-corrected chi connectivity index (χ2v) is 1.93. The summed E-state index contributed by atoms with van der Waals surface area (Å²) in [4.78, 5) is 0. The van der Waals surface area contributed by atoms with Gasteiger partial charge in [-0.3, -0.25) is 0 Å². The van der Waals surface area contributed by atoms with E-state index in [2.05, 4.69) is 10.6 Å². The van der Waals surface area contributed by atoms with Gasteiger partial charge in [0.05, 0.1) is 0 Å². The fourth-order valence-corrected chi connectivity index (χ4v) is 0.692. The van der Waals surface area contributed by atoms with E-state index >= 15 is 0 Å². The van der Waals surface area contributed by atoms with Crippen LogP contribution < -0.4 is 15.9 Å². The van der Waals surface area contributed by atoms with Gasteiger partial charge < -0.3 is 15.9 Å². The van der Waals surface area contributed by atoms with E-state index in [9.17, 15) is 0 Å². The van der Waals surface area contributed by atoms with Crippen LogP contribution >= 0.6 is 0 Å². The van der Waals surface area contributed by atoms with Gasteiger partial charge in [0, 0.05) is 38.6 Å². The van der Waals surface area contributed by atoms with Gasteiger partial charge in [0.25, 0.3) is 0 Å². The molecule has 0 aromatic carbocycles. The lowest BCUT2D eigenvalue weighted by molar-refractivity contribution is 0.658. The number of nitrogens with one attached hydrogen (secondary N) is 3. The molecule has 3 heteroatoms. The van der Waals surface area contributed by atoms with Gasteiger partial charge in [0.1, 0.15) is 0 Å². The second kappa shape index (κ2) is 4.21. The number of rotatable bonds is 0. The molecule has 1 heterocycles. The molecule has 0 radical (unpaired) electrons. The van der Waals surface area contributed by atoms with Crippen LogP contribution in [-0.2, 0) is 0 Å². The molecule has 0 aliphatic carbocycles. The molecular weight excluding hydrogens is 114 g/mol. The number of hydrogen-bond donors (Lipinski definition) is 3. The summed E-state index contributed by atoms with van der Waals surface area (Å²) in [6, 6.07) is 0. The molecule has 0 atom stereocenters. The molecule has 0 unspecified atom stereocenters. The second-order valence-electron chi connectivity index (χ2n) is 1.93. The summed E-state index contributed by atoms with van der Waals surface area (Å²) in [5.41, 5.74) is 0. The minimum Gasteiger partial charge on any atom is -0.388 e. The first-order chi connectivity index (χ1) is 4.89. The van der Waals surface area contributed by atoms with E-state index in [1.807, 2.05) is 0 Å². The molecule has 52 valence electrons. The molecule has 0 fully saturated rings. The van der Waals surface area contributed by atoms with Crippen LogP contribution in [0.1, 0.15) is 0 Å². The van der Waals surface area contributed by atoms with Crippen LogP contribution in [0.25, 0.3) is 0 Å². The first kappa shape index (κ1) is 5.11. The topological polar surface area (TPSA) is 36.1 Å². The molecule has 1 aliphatic heterocycles. The van der Waals surface area contributed by atoms with Crippen molar-refractivity contribution in [3.05, 3.63) is 12.4 Å². The Morgan fingerprint density at radius 2 is 2.00 bits per heavy atom. The molecule has 0 spiro atoms. The first-order valence-corrected chi connectivity index (χ1v) is 3.26. The lowest BCUT2D eigenvalue weighted by Gasteiger charge is -2.00. The van der Waals surface area contributed by atoms with Gasteiger partial charge in [-0.15, -0.1) is 0 Å². The molecule has 0 saturated heterocycles. The van der Waals surface area contributed by atoms with E-state index in [1.54, 1.807) is 12.4 Å². The van der Waals surface area contributed by atoms with E-state index in [0.29, 0.717) is 0 Å². The summed E-state index contributed by atoms with van der Waals surface area (Å²) in [6.45, 7) is 3.54. The molecule has 0 amide bonds. The van der Waals surface area contributed by atoms with E-state index in [-0.39, 0.29) is 0 Å². The van der Waals surface area contributed by atoms with E-state index in [0.717, 1.165) is 26.2 Å². The maximum Gasteiger partial charge on any atom is 0.160 e. The van der Waals surface area contributed by atoms with Crippen LogP contribution in [0.4, 0.5) is 0 Å². The summed E-state index contributed by atoms with van der Waals surface area (Å²) >= 11 is 0. The Balaban J connectivity index is 2.28. The Morgan fingerprint density at radius 3 is 3.00 bits per heavy atom. The van der Waals surface area contributed by atoms with Crippen LogP contribution in [0.2, 0.25) is 1.41 Å². The highest BCUT2D eigenvalue weighted by atomic mass is 15.0. The van der Waals surface area contributed by atoms with Crippen LogP contribution in [0.15, 0.2) is 12.4 Å². The molecule has 3 N–H and O–H groups in total. The summed E-state index contributed by atoms with van der Waals surface area (Å²) in [5, 5.41) is 7.65. The van der Waals surface area contributed by atoms with Crippen molar-refractivity contribution in [2.24, 2.45) is 0 Å². The van der Waals surface area contributed by atoms with Gasteiger partial charge in [0.2, 0.25) is 0 Å². The molecule has 9 heavy (non-hydrogen) atoms. The minimum atomic E-state index is 0.748. The third-order valence-electron chi connectivity index (χ3n) is 1.16. The molecule has 0 aromatic heterocycles. The fourth-order valence-electron chi connectivity index (χ4n) is 0.692. The Labute approximate surface area is 57.0 Å². The van der Waals surface area contributed by atoms with Gasteiger partial charge in [-0.25, -0.2) is 0 Å². The van der Waals surface area contributed by atoms with Gasteiger partial charge >= 0.3 is 0 Å². The Kier molecular flexibility index (Phi) is 2.39. The van der Waals surface area contributed by atoms with Crippen molar-refractivity contribution in [3.8, 4) is 0 Å². The normalized spacial score (nSPS) is 23.1. The lowest BCUT2D eigenvalue weighted by atomic mass is 10.5. The van der Waals surface area contributed by atoms with E-state index in [4.69, 9.17) is 1.41 Å². The molecule has 0 bridgehead atoms. The van der Waals surface area contributed by atoms with Gasteiger partial charge in [-0.1, -0.05) is 0 Å². The van der Waals surface area contributed by atoms with Gasteiger partial charge in [-0.05, 0) is 0 Å². The quantitative estimate of drug-likeness (QED) is 0.401. The predicted molar refractivity (Wildman–Crippen MR) is 38.0 cm³/mol. The highest BCUT2D eigenvalue weighted by molar-refractivity contribution is 4.78. The fraction of sp³-hybridized carbons (Fsp3) is 0.667. The minimum absolute atomic E-state index is 0.748. The third kappa shape index (κ3) is 2.98. The molecule has 0 aromatic rings. The monoisotopic (exact) mass is 128 g/mol. The van der Waals surface area contributed by atoms with Gasteiger partial charge in [-0.2, -0.15) is 0 Å². The largest absolute Gasteiger partial charge is 0.388 e. The van der Waals surface area contributed by atoms with Crippen molar-refractivity contribution in [1.29, 1.82) is 0 Å². The van der Waals surface area contributed by atoms with Crippen molar-refractivity contribution in [3.63, 3.8) is 0 Å². The lowest BCUT2D eigenvalue weighted by Crippen LogP contribution is -2.27. The Morgan fingerprint density at radius 1 is 1.11 bits per heavy atom. The van der Waals surface area contributed by atoms with Crippen LogP contribution in [0, 0.1) is 0 Å². The third-order valence-corrected chi connectivity index (χ3v) is 1.16. The summed E-state index contributed by atoms with van der Waals surface area (Å²) in [7, 11) is 0. The molecule has 1 aliphatic rings. The molecule has 0 saturated carbocycles. The van der Waals surface area contributed by atoms with Crippen LogP contribution in [-0.4, -0.2) is 26.2 Å². The predicted octanol–water partition coefficient (Wildman–Crippen LogP) is -0.760. The van der Waals surface area contributed by atoms with Crippen molar-refractivity contribution in [2.45, 2.75) is 0 Å². The summed E-state index contributed by atoms with van der Waals surface area (Å²) in [6.07, 6.45) is 3.53. The summed E-state index contributed by atoms with van der Waals surface area (Å²) < 4.78 is 7.27. The Hall–Kier alpha value is -0.700. The first-order valence-electron chi connectivity index (χ1n) is 3.70. The maximum absolute atomic E-state index is 7.27. The zero-order valence-electron chi connectivity index (χ0n) is 6.43. The average molecular weight is 128 g/mol. The molecule has 3 nitrogen and oxygen atoms in total. The van der Waals surface area contributed by atoms with Crippen molar-refractivity contribution >= 4 is 0 Å². The van der Waals surface area contributed by atoms with Crippen molar-refractivity contribution in [2.75, 3.05) is 26.2 Å². The molecule has 1 rings (SSSR count). The van der Waals surface area contributed by atoms with Gasteiger partial charge in [0.15, 0.2) is 1.41 Å². The highest BCUT2D eigenvalue weighted by Gasteiger charge is 1.86. The van der Waals surface area contributed by atoms with Crippen LogP contribution in [0.5, 0.6) is 0 Å². The zero-order valence-corrected chi connectivity index (χ0v) is 5.43. The zero-order chi connectivity index (χ0) is 7.23. The smallest absolute Gasteiger partial charge is 0.160 e. The Bertz CT molecular complexity index is 116. The van der Waals surface area contributed by atoms with Crippen molar-refractivity contribution in [1.82, 2.24) is 15.9 Å². The van der Waals surface area contributed by atoms with E-state index < -0.39 is 0 Å². The number of hydrogen-bond acceptors (Lipinski definition) is 3. The maximum atomic E-state index is 7.27. The van der Waals surface area contributed by atoms with Crippen molar-refractivity contribution < 1.29 is 1.41 Å². The summed E-state index contributed by atoms with van der Waals surface area (Å²) in [5.74, 6) is 0. The standard InChI is InChI=1S/C6H13N3/c1-2-8-5-6-9-4-3-7-1/h1-2,7-9H,3-6H2/i/hD. The SMILES string of the molecule is [2H]N1C=CNCCNCC1. The molecular formula is C6H13N3. The van der Waals surface area contributed by atoms with E-state index in [1.165, 1.54) is 5.31 Å².